The predicted molar refractivity (Wildman–Crippen MR) is 380 cm³/mol. The molecule has 0 saturated heterocycles. The largest absolute Gasteiger partial charge is 0.277 e. The number of nitrogens with zero attached hydrogens (tertiary/aromatic N) is 5. The lowest BCUT2D eigenvalue weighted by Crippen LogP contribution is -2.03. The summed E-state index contributed by atoms with van der Waals surface area (Å²) in [5.41, 5.74) is 13.7. The van der Waals surface area contributed by atoms with E-state index in [2.05, 4.69) is 233 Å². The Hall–Kier alpha value is -10.7. The second kappa shape index (κ2) is 20.8. The van der Waals surface area contributed by atoms with Crippen molar-refractivity contribution in [3.8, 4) is 39.6 Å². The van der Waals surface area contributed by atoms with Crippen molar-refractivity contribution in [2.24, 2.45) is 0 Å². The molecule has 0 bridgehead atoms. The highest BCUT2D eigenvalue weighted by Crippen LogP contribution is 2.46. The SMILES string of the molecule is Clc1nc(-c2ccccc2)c2ccccc2n1.c1ccc(-c2nc(-n3c4ccccc4c4ccc5c6cc7c(cc6ccc5c43)sc3ccccc37)nc3ccccc23)cc1.c1ccc2c(c1)Cc1c-2ccc2c1ccc1cc3sc4ccccc4c3cc12. The molecule has 1 aliphatic carbocycles. The average Bonchev–Trinajstić information content (AvgIpc) is 2.30. The Labute approximate surface area is 523 Å². The van der Waals surface area contributed by atoms with E-state index >= 15 is 0 Å². The van der Waals surface area contributed by atoms with Gasteiger partial charge in [0, 0.05) is 78.4 Å². The molecule has 8 heteroatoms. The van der Waals surface area contributed by atoms with E-state index in [1.54, 1.807) is 0 Å². The first kappa shape index (κ1) is 51.5. The average molecular weight is 1190 g/mol. The van der Waals surface area contributed by atoms with Crippen LogP contribution in [0.4, 0.5) is 0 Å². The molecule has 416 valence electrons. The van der Waals surface area contributed by atoms with Crippen LogP contribution in [0.25, 0.3) is 167 Å². The molecule has 5 aromatic heterocycles. The van der Waals surface area contributed by atoms with Crippen LogP contribution >= 0.6 is 34.3 Å². The molecule has 20 rings (SSSR count). The highest BCUT2D eigenvalue weighted by Gasteiger charge is 2.23. The zero-order valence-corrected chi connectivity index (χ0v) is 50.1. The Morgan fingerprint density at radius 3 is 1.46 bits per heavy atom. The fourth-order valence-electron chi connectivity index (χ4n) is 13.9. The molecule has 0 fully saturated rings. The number of thiophene rings is 2. The first-order valence-electron chi connectivity index (χ1n) is 29.9. The van der Waals surface area contributed by atoms with Crippen molar-refractivity contribution in [1.82, 2.24) is 24.5 Å². The van der Waals surface area contributed by atoms with Crippen molar-refractivity contribution in [1.29, 1.82) is 0 Å². The minimum absolute atomic E-state index is 0.280. The number of benzene rings is 14. The van der Waals surface area contributed by atoms with E-state index in [0.29, 0.717) is 5.95 Å². The molecule has 89 heavy (non-hydrogen) atoms. The van der Waals surface area contributed by atoms with Crippen LogP contribution in [0.3, 0.4) is 0 Å². The second-order valence-corrected chi connectivity index (χ2v) is 25.4. The summed E-state index contributed by atoms with van der Waals surface area (Å²) in [6, 6.07) is 99.5. The molecule has 0 N–H and O–H groups in total. The van der Waals surface area contributed by atoms with Gasteiger partial charge in [-0.1, -0.05) is 224 Å². The Bertz CT molecular complexity index is 6110. The molecular formula is C81H48ClN5S2. The molecule has 5 nitrogen and oxygen atoms in total. The minimum atomic E-state index is 0.280. The van der Waals surface area contributed by atoms with Gasteiger partial charge in [0.1, 0.15) is 0 Å². The molecule has 0 spiro atoms. The zero-order valence-electron chi connectivity index (χ0n) is 47.7. The molecule has 19 aromatic rings. The molecule has 0 atom stereocenters. The first-order valence-corrected chi connectivity index (χ1v) is 31.9. The zero-order chi connectivity index (χ0) is 58.7. The van der Waals surface area contributed by atoms with Gasteiger partial charge < -0.3 is 0 Å². The maximum atomic E-state index is 5.95. The van der Waals surface area contributed by atoms with Gasteiger partial charge >= 0.3 is 0 Å². The van der Waals surface area contributed by atoms with E-state index in [1.807, 2.05) is 83.3 Å². The smallest absolute Gasteiger partial charge is 0.235 e. The molecule has 0 saturated carbocycles. The number of para-hydroxylation sites is 3. The summed E-state index contributed by atoms with van der Waals surface area (Å²) in [6.45, 7) is 0. The van der Waals surface area contributed by atoms with Crippen molar-refractivity contribution in [3.63, 3.8) is 0 Å². The Morgan fingerprint density at radius 1 is 0.315 bits per heavy atom. The van der Waals surface area contributed by atoms with E-state index in [-0.39, 0.29) is 5.28 Å². The van der Waals surface area contributed by atoms with Gasteiger partial charge in [-0.25, -0.2) is 19.9 Å². The first-order chi connectivity index (χ1) is 44.0. The summed E-state index contributed by atoms with van der Waals surface area (Å²) in [7, 11) is 0. The predicted octanol–water partition coefficient (Wildman–Crippen LogP) is 23.0. The highest BCUT2D eigenvalue weighted by molar-refractivity contribution is 7.26. The van der Waals surface area contributed by atoms with Gasteiger partial charge in [0.2, 0.25) is 11.2 Å². The molecule has 0 aliphatic heterocycles. The maximum absolute atomic E-state index is 5.95. The van der Waals surface area contributed by atoms with Crippen LogP contribution in [0, 0.1) is 0 Å². The monoisotopic (exact) mass is 1190 g/mol. The van der Waals surface area contributed by atoms with Gasteiger partial charge in [-0.2, -0.15) is 0 Å². The summed E-state index contributed by atoms with van der Waals surface area (Å²) < 4.78 is 7.67. The van der Waals surface area contributed by atoms with Crippen LogP contribution in [0.2, 0.25) is 5.28 Å². The molecule has 5 heterocycles. The molecule has 0 amide bonds. The van der Waals surface area contributed by atoms with Gasteiger partial charge in [-0.15, -0.1) is 22.7 Å². The van der Waals surface area contributed by atoms with E-state index in [4.69, 9.17) is 21.6 Å². The molecule has 0 unspecified atom stereocenters. The van der Waals surface area contributed by atoms with Crippen LogP contribution in [0.15, 0.2) is 279 Å². The van der Waals surface area contributed by atoms with E-state index in [9.17, 15) is 0 Å². The van der Waals surface area contributed by atoms with Gasteiger partial charge in [0.05, 0.1) is 33.5 Å². The summed E-state index contributed by atoms with van der Waals surface area (Å²) in [6.07, 6.45) is 1.04. The number of hydrogen-bond donors (Lipinski definition) is 0. The lowest BCUT2D eigenvalue weighted by atomic mass is 9.94. The maximum Gasteiger partial charge on any atom is 0.235 e. The van der Waals surface area contributed by atoms with Gasteiger partial charge in [-0.05, 0) is 133 Å². The fraction of sp³-hybridized carbons (Fsp3) is 0.0123. The summed E-state index contributed by atoms with van der Waals surface area (Å²) in [4.78, 5) is 19.0. The van der Waals surface area contributed by atoms with Gasteiger partial charge in [0.15, 0.2) is 0 Å². The third kappa shape index (κ3) is 8.49. The lowest BCUT2D eigenvalue weighted by Gasteiger charge is -2.13. The van der Waals surface area contributed by atoms with Crippen LogP contribution < -0.4 is 0 Å². The number of hydrogen-bond acceptors (Lipinski definition) is 6. The van der Waals surface area contributed by atoms with Gasteiger partial charge in [0.25, 0.3) is 0 Å². The van der Waals surface area contributed by atoms with Crippen molar-refractivity contribution in [2.75, 3.05) is 0 Å². The summed E-state index contributed by atoms with van der Waals surface area (Å²) >= 11 is 9.71. The quantitative estimate of drug-likeness (QED) is 0.131. The molecule has 1 aliphatic rings. The van der Waals surface area contributed by atoms with Crippen molar-refractivity contribution >= 4 is 161 Å². The third-order valence-electron chi connectivity index (χ3n) is 17.9. The minimum Gasteiger partial charge on any atom is -0.277 e. The van der Waals surface area contributed by atoms with E-state index in [1.165, 1.54) is 116 Å². The van der Waals surface area contributed by atoms with Crippen molar-refractivity contribution in [3.05, 3.63) is 295 Å². The van der Waals surface area contributed by atoms with Crippen LogP contribution in [-0.4, -0.2) is 24.5 Å². The van der Waals surface area contributed by atoms with E-state index in [0.717, 1.165) is 61.8 Å². The third-order valence-corrected chi connectivity index (χ3v) is 20.3. The number of aromatic nitrogens is 5. The molecule has 0 radical (unpaired) electrons. The van der Waals surface area contributed by atoms with Crippen LogP contribution in [0.1, 0.15) is 11.1 Å². The summed E-state index contributed by atoms with van der Waals surface area (Å²) in [5.74, 6) is 0.681. The number of halogens is 1. The molecular weight excluding hydrogens is 1140 g/mol. The summed E-state index contributed by atoms with van der Waals surface area (Å²) in [5, 5.41) is 20.6. The Balaban J connectivity index is 0.000000112. The standard InChI is InChI=1S/C40H23N3S.C27H16S.C14H9ClN2/c1-2-10-24(11-3-1)38-31-14-4-7-15-34(31)41-40(42-38)43-35-16-8-5-12-27(35)30-21-20-26-29(39(30)43)19-18-25-22-37-33(23-32(25)26)28-13-6-9-17-36(28)44-37;1-2-6-18-16(5-1)13-24-19(18)11-12-20-21(24)10-9-17-14-27-25(15-23(17)20)22-7-3-4-8-26(22)28-27;15-14-16-12-9-5-4-8-11(12)13(17-14)10-6-2-1-3-7-10/h1-23H;1-12,14-15H,13H2;1-9H. The number of fused-ring (bicyclic) bond motifs is 22. The van der Waals surface area contributed by atoms with Crippen LogP contribution in [0.5, 0.6) is 0 Å². The fourth-order valence-corrected chi connectivity index (χ4v) is 16.3. The lowest BCUT2D eigenvalue weighted by molar-refractivity contribution is 1.02. The Kier molecular flexibility index (Phi) is 12.0. The van der Waals surface area contributed by atoms with E-state index < -0.39 is 0 Å². The highest BCUT2D eigenvalue weighted by atomic mass is 35.5. The van der Waals surface area contributed by atoms with Crippen LogP contribution in [-0.2, 0) is 6.42 Å². The number of rotatable bonds is 3. The van der Waals surface area contributed by atoms with Crippen molar-refractivity contribution in [2.45, 2.75) is 6.42 Å². The van der Waals surface area contributed by atoms with Gasteiger partial charge in [-0.3, -0.25) is 4.57 Å². The molecule has 14 aromatic carbocycles. The van der Waals surface area contributed by atoms with Crippen molar-refractivity contribution < 1.29 is 0 Å². The second-order valence-electron chi connectivity index (χ2n) is 22.9. The normalized spacial score (nSPS) is 12.1. The topological polar surface area (TPSA) is 56.5 Å². The Morgan fingerprint density at radius 2 is 0.798 bits per heavy atom.